The molecule has 0 fully saturated rings. The molecule has 120 valence electrons. The number of nitrogens with two attached hydrogens (primary N) is 1. The smallest absolute Gasteiger partial charge is 0.137 e. The minimum absolute atomic E-state index is 0.0668. The van der Waals surface area contributed by atoms with Crippen molar-refractivity contribution in [3.8, 4) is 0 Å². The van der Waals surface area contributed by atoms with Crippen LogP contribution in [0.2, 0.25) is 0 Å². The third-order valence-corrected chi connectivity index (χ3v) is 4.05. The molecule has 4 nitrogen and oxygen atoms in total. The lowest BCUT2D eigenvalue weighted by Gasteiger charge is -2.18. The van der Waals surface area contributed by atoms with Gasteiger partial charge in [0.25, 0.3) is 0 Å². The standard InChI is InChI=1S/C19H24N4/c1-14-7-9-15(10-8-14)12-17-19(16(20)13-22(2)3)23-11-5-4-6-18(23)21-17/h4-11,16H,12-13,20H2,1-3H3. The minimum atomic E-state index is -0.0668. The van der Waals surface area contributed by atoms with Crippen LogP contribution in [0, 0.1) is 6.92 Å². The van der Waals surface area contributed by atoms with Crippen molar-refractivity contribution in [3.63, 3.8) is 0 Å². The Balaban J connectivity index is 2.02. The van der Waals surface area contributed by atoms with E-state index in [4.69, 9.17) is 10.7 Å². The zero-order valence-corrected chi connectivity index (χ0v) is 14.0. The summed E-state index contributed by atoms with van der Waals surface area (Å²) in [6, 6.07) is 14.6. The molecule has 0 amide bonds. The lowest BCUT2D eigenvalue weighted by Crippen LogP contribution is -2.27. The van der Waals surface area contributed by atoms with E-state index in [0.717, 1.165) is 30.0 Å². The van der Waals surface area contributed by atoms with Gasteiger partial charge in [-0.15, -0.1) is 0 Å². The Labute approximate surface area is 137 Å². The zero-order valence-electron chi connectivity index (χ0n) is 14.0. The van der Waals surface area contributed by atoms with E-state index < -0.39 is 0 Å². The second kappa shape index (κ2) is 6.52. The summed E-state index contributed by atoms with van der Waals surface area (Å²) < 4.78 is 2.12. The summed E-state index contributed by atoms with van der Waals surface area (Å²) in [6.07, 6.45) is 2.85. The number of hydrogen-bond acceptors (Lipinski definition) is 3. The van der Waals surface area contributed by atoms with Crippen molar-refractivity contribution in [2.75, 3.05) is 20.6 Å². The molecule has 0 bridgehead atoms. The van der Waals surface area contributed by atoms with Gasteiger partial charge in [0, 0.05) is 19.2 Å². The van der Waals surface area contributed by atoms with Gasteiger partial charge in [-0.25, -0.2) is 4.98 Å². The predicted molar refractivity (Wildman–Crippen MR) is 94.7 cm³/mol. The van der Waals surface area contributed by atoms with Gasteiger partial charge in [0.1, 0.15) is 5.65 Å². The summed E-state index contributed by atoms with van der Waals surface area (Å²) in [5, 5.41) is 0. The Morgan fingerprint density at radius 1 is 1.13 bits per heavy atom. The molecule has 0 aliphatic carbocycles. The number of aryl methyl sites for hydroxylation is 1. The fraction of sp³-hybridized carbons (Fsp3) is 0.316. The van der Waals surface area contributed by atoms with Crippen molar-refractivity contribution in [1.29, 1.82) is 0 Å². The lowest BCUT2D eigenvalue weighted by molar-refractivity contribution is 0.372. The van der Waals surface area contributed by atoms with Crippen LogP contribution in [0.3, 0.4) is 0 Å². The van der Waals surface area contributed by atoms with Crippen molar-refractivity contribution in [2.45, 2.75) is 19.4 Å². The molecule has 4 heteroatoms. The van der Waals surface area contributed by atoms with E-state index in [1.165, 1.54) is 11.1 Å². The van der Waals surface area contributed by atoms with E-state index in [9.17, 15) is 0 Å². The molecule has 2 heterocycles. The third-order valence-electron chi connectivity index (χ3n) is 4.05. The highest BCUT2D eigenvalue weighted by molar-refractivity contribution is 5.45. The topological polar surface area (TPSA) is 46.6 Å². The van der Waals surface area contributed by atoms with Gasteiger partial charge in [0.05, 0.1) is 17.4 Å². The van der Waals surface area contributed by atoms with Gasteiger partial charge in [-0.05, 0) is 38.7 Å². The molecule has 3 aromatic rings. The summed E-state index contributed by atoms with van der Waals surface area (Å²) in [4.78, 5) is 6.94. The van der Waals surface area contributed by atoms with Crippen molar-refractivity contribution in [3.05, 3.63) is 71.2 Å². The maximum Gasteiger partial charge on any atom is 0.137 e. The molecular formula is C19H24N4. The number of imidazole rings is 1. The van der Waals surface area contributed by atoms with E-state index in [0.29, 0.717) is 0 Å². The molecule has 0 spiro atoms. The molecule has 2 aromatic heterocycles. The van der Waals surface area contributed by atoms with Gasteiger partial charge < -0.3 is 15.0 Å². The molecule has 1 aromatic carbocycles. The fourth-order valence-electron chi connectivity index (χ4n) is 2.97. The third kappa shape index (κ3) is 3.44. The van der Waals surface area contributed by atoms with Gasteiger partial charge in [0.15, 0.2) is 0 Å². The van der Waals surface area contributed by atoms with Crippen molar-refractivity contribution in [2.24, 2.45) is 5.73 Å². The first kappa shape index (κ1) is 15.7. The van der Waals surface area contributed by atoms with Gasteiger partial charge in [-0.2, -0.15) is 0 Å². The monoisotopic (exact) mass is 308 g/mol. The van der Waals surface area contributed by atoms with Crippen LogP contribution in [-0.4, -0.2) is 34.9 Å². The van der Waals surface area contributed by atoms with Crippen molar-refractivity contribution < 1.29 is 0 Å². The Kier molecular flexibility index (Phi) is 4.46. The molecule has 3 rings (SSSR count). The number of rotatable bonds is 5. The van der Waals surface area contributed by atoms with Crippen molar-refractivity contribution in [1.82, 2.24) is 14.3 Å². The van der Waals surface area contributed by atoms with E-state index in [2.05, 4.69) is 40.5 Å². The quantitative estimate of drug-likeness (QED) is 0.788. The highest BCUT2D eigenvalue weighted by Gasteiger charge is 2.19. The predicted octanol–water partition coefficient (Wildman–Crippen LogP) is 2.79. The van der Waals surface area contributed by atoms with Crippen LogP contribution in [-0.2, 0) is 6.42 Å². The van der Waals surface area contributed by atoms with Crippen LogP contribution in [0.4, 0.5) is 0 Å². The largest absolute Gasteiger partial charge is 0.322 e. The Hall–Kier alpha value is -2.17. The highest BCUT2D eigenvalue weighted by Crippen LogP contribution is 2.22. The van der Waals surface area contributed by atoms with Gasteiger partial charge in [-0.3, -0.25) is 0 Å². The second-order valence-electron chi connectivity index (χ2n) is 6.40. The van der Waals surface area contributed by atoms with Crippen LogP contribution >= 0.6 is 0 Å². The first-order valence-corrected chi connectivity index (χ1v) is 7.96. The van der Waals surface area contributed by atoms with Crippen LogP contribution in [0.15, 0.2) is 48.7 Å². The SMILES string of the molecule is Cc1ccc(Cc2nc3ccccn3c2C(N)CN(C)C)cc1. The van der Waals surface area contributed by atoms with Crippen LogP contribution in [0.5, 0.6) is 0 Å². The maximum atomic E-state index is 6.48. The fourth-order valence-corrected chi connectivity index (χ4v) is 2.97. The van der Waals surface area contributed by atoms with E-state index >= 15 is 0 Å². The van der Waals surface area contributed by atoms with Gasteiger partial charge in [0.2, 0.25) is 0 Å². The maximum absolute atomic E-state index is 6.48. The average Bonchev–Trinajstić information content (AvgIpc) is 2.86. The number of nitrogens with zero attached hydrogens (tertiary/aromatic N) is 3. The summed E-state index contributed by atoms with van der Waals surface area (Å²) in [7, 11) is 4.09. The zero-order chi connectivity index (χ0) is 16.4. The molecule has 0 aliphatic heterocycles. The summed E-state index contributed by atoms with van der Waals surface area (Å²) in [5.41, 5.74) is 12.1. The molecule has 2 N–H and O–H groups in total. The number of hydrogen-bond donors (Lipinski definition) is 1. The number of fused-ring (bicyclic) bond motifs is 1. The molecule has 23 heavy (non-hydrogen) atoms. The van der Waals surface area contributed by atoms with Crippen molar-refractivity contribution >= 4 is 5.65 Å². The molecule has 0 saturated carbocycles. The lowest BCUT2D eigenvalue weighted by atomic mass is 10.0. The van der Waals surface area contributed by atoms with E-state index in [1.54, 1.807) is 0 Å². The number of pyridine rings is 1. The van der Waals surface area contributed by atoms with Crippen LogP contribution < -0.4 is 5.73 Å². The summed E-state index contributed by atoms with van der Waals surface area (Å²) >= 11 is 0. The Morgan fingerprint density at radius 2 is 1.87 bits per heavy atom. The molecule has 1 unspecified atom stereocenters. The normalized spacial score (nSPS) is 12.9. The molecule has 0 saturated heterocycles. The first-order valence-electron chi connectivity index (χ1n) is 7.96. The molecular weight excluding hydrogens is 284 g/mol. The summed E-state index contributed by atoms with van der Waals surface area (Å²) in [5.74, 6) is 0. The highest BCUT2D eigenvalue weighted by atomic mass is 15.1. The second-order valence-corrected chi connectivity index (χ2v) is 6.40. The van der Waals surface area contributed by atoms with Crippen LogP contribution in [0.25, 0.3) is 5.65 Å². The average molecular weight is 308 g/mol. The Bertz CT molecular complexity index is 787. The van der Waals surface area contributed by atoms with Gasteiger partial charge >= 0.3 is 0 Å². The van der Waals surface area contributed by atoms with Crippen LogP contribution in [0.1, 0.15) is 28.6 Å². The molecule has 1 atom stereocenters. The first-order chi connectivity index (χ1) is 11.0. The number of benzene rings is 1. The van der Waals surface area contributed by atoms with E-state index in [-0.39, 0.29) is 6.04 Å². The minimum Gasteiger partial charge on any atom is -0.322 e. The number of likely N-dealkylation sites (N-methyl/N-ethyl adjacent to an activating group) is 1. The molecule has 0 radical (unpaired) electrons. The summed E-state index contributed by atoms with van der Waals surface area (Å²) in [6.45, 7) is 2.90. The van der Waals surface area contributed by atoms with E-state index in [1.807, 2.05) is 38.5 Å². The Morgan fingerprint density at radius 3 is 2.57 bits per heavy atom. The van der Waals surface area contributed by atoms with Gasteiger partial charge in [-0.1, -0.05) is 35.9 Å². The number of aromatic nitrogens is 2. The molecule has 0 aliphatic rings.